The molecular weight excluding hydrogens is 290 g/mol. The number of carbonyl (C=O) groups is 2. The van der Waals surface area contributed by atoms with E-state index in [0.29, 0.717) is 0 Å². The molecule has 1 saturated heterocycles. The highest BCUT2D eigenvalue weighted by atomic mass is 16.2. The van der Waals surface area contributed by atoms with Crippen molar-refractivity contribution in [3.05, 3.63) is 48.0 Å². The van der Waals surface area contributed by atoms with Crippen molar-refractivity contribution in [2.24, 2.45) is 5.92 Å². The van der Waals surface area contributed by atoms with Crippen molar-refractivity contribution >= 4 is 22.7 Å². The molecule has 1 aliphatic rings. The summed E-state index contributed by atoms with van der Waals surface area (Å²) in [6.07, 6.45) is 0. The summed E-state index contributed by atoms with van der Waals surface area (Å²) in [5.74, 6) is -0.722. The molecule has 2 atom stereocenters. The lowest BCUT2D eigenvalue weighted by atomic mass is 9.87. The van der Waals surface area contributed by atoms with Gasteiger partial charge in [-0.2, -0.15) is 5.26 Å². The minimum atomic E-state index is -1.12. The van der Waals surface area contributed by atoms with Gasteiger partial charge in [0, 0.05) is 6.54 Å². The standard InChI is InChI=1S/C18H17N3O2/c1-12(10-19)11-21-16(22)18(2,20-17(21)23)15-9-5-7-13-6-3-4-8-14(13)15/h3-9,12H,11H2,1-2H3,(H,20,23)/t12-,18-/m1/s1. The summed E-state index contributed by atoms with van der Waals surface area (Å²) in [5.41, 5.74) is -0.353. The fraction of sp³-hybridized carbons (Fsp3) is 0.278. The van der Waals surface area contributed by atoms with E-state index in [-0.39, 0.29) is 12.5 Å². The molecule has 3 amide bonds. The van der Waals surface area contributed by atoms with Gasteiger partial charge in [-0.05, 0) is 30.2 Å². The van der Waals surface area contributed by atoms with E-state index in [1.54, 1.807) is 13.8 Å². The summed E-state index contributed by atoms with van der Waals surface area (Å²) in [6, 6.07) is 15.1. The first-order valence-corrected chi connectivity index (χ1v) is 7.49. The molecule has 1 heterocycles. The first-order chi connectivity index (χ1) is 11.0. The number of urea groups is 1. The zero-order valence-electron chi connectivity index (χ0n) is 13.0. The smallest absolute Gasteiger partial charge is 0.319 e. The summed E-state index contributed by atoms with van der Waals surface area (Å²) < 4.78 is 0. The van der Waals surface area contributed by atoms with Gasteiger partial charge in [0.05, 0.1) is 12.0 Å². The van der Waals surface area contributed by atoms with Crippen molar-refractivity contribution in [2.75, 3.05) is 6.54 Å². The molecule has 0 aromatic heterocycles. The number of rotatable bonds is 3. The number of nitrogens with one attached hydrogen (secondary N) is 1. The zero-order valence-corrected chi connectivity index (χ0v) is 13.0. The molecule has 0 spiro atoms. The van der Waals surface area contributed by atoms with E-state index >= 15 is 0 Å². The number of benzene rings is 2. The van der Waals surface area contributed by atoms with Gasteiger partial charge in [0.15, 0.2) is 0 Å². The Morgan fingerprint density at radius 3 is 2.65 bits per heavy atom. The molecule has 5 nitrogen and oxygen atoms in total. The van der Waals surface area contributed by atoms with Gasteiger partial charge in [-0.25, -0.2) is 4.79 Å². The summed E-state index contributed by atoms with van der Waals surface area (Å²) in [6.45, 7) is 3.50. The van der Waals surface area contributed by atoms with Crippen LogP contribution < -0.4 is 5.32 Å². The summed E-state index contributed by atoms with van der Waals surface area (Å²) >= 11 is 0. The van der Waals surface area contributed by atoms with Gasteiger partial charge in [-0.15, -0.1) is 0 Å². The number of amides is 3. The quantitative estimate of drug-likeness (QED) is 0.886. The predicted octanol–water partition coefficient (Wildman–Crippen LogP) is 2.77. The summed E-state index contributed by atoms with van der Waals surface area (Å²) in [4.78, 5) is 26.2. The molecule has 1 aliphatic heterocycles. The van der Waals surface area contributed by atoms with Crippen LogP contribution in [0.2, 0.25) is 0 Å². The van der Waals surface area contributed by atoms with Crippen LogP contribution in [0.15, 0.2) is 42.5 Å². The number of imide groups is 1. The van der Waals surface area contributed by atoms with E-state index < -0.39 is 17.5 Å². The minimum Gasteiger partial charge on any atom is -0.319 e. The molecule has 23 heavy (non-hydrogen) atoms. The maximum absolute atomic E-state index is 12.9. The highest BCUT2D eigenvalue weighted by Gasteiger charge is 2.49. The SMILES string of the molecule is C[C@H](C#N)CN1C(=O)N[C@](C)(c2cccc3ccccc23)C1=O. The van der Waals surface area contributed by atoms with Gasteiger partial charge in [0.1, 0.15) is 5.54 Å². The third-order valence-electron chi connectivity index (χ3n) is 4.28. The maximum atomic E-state index is 12.9. The molecule has 116 valence electrons. The normalized spacial score (nSPS) is 22.0. The van der Waals surface area contributed by atoms with Crippen molar-refractivity contribution < 1.29 is 9.59 Å². The highest BCUT2D eigenvalue weighted by molar-refractivity contribution is 6.09. The van der Waals surface area contributed by atoms with Crippen LogP contribution in [-0.2, 0) is 10.3 Å². The minimum absolute atomic E-state index is 0.0987. The fourth-order valence-corrected chi connectivity index (χ4v) is 3.02. The van der Waals surface area contributed by atoms with Gasteiger partial charge in [0.2, 0.25) is 0 Å². The van der Waals surface area contributed by atoms with E-state index in [1.165, 1.54) is 0 Å². The first kappa shape index (κ1) is 15.0. The number of nitrogens with zero attached hydrogens (tertiary/aromatic N) is 2. The average Bonchev–Trinajstić information content (AvgIpc) is 2.78. The van der Waals surface area contributed by atoms with E-state index in [0.717, 1.165) is 21.2 Å². The van der Waals surface area contributed by atoms with Gasteiger partial charge < -0.3 is 5.32 Å². The summed E-state index contributed by atoms with van der Waals surface area (Å²) in [5, 5.41) is 13.7. The van der Waals surface area contributed by atoms with Crippen LogP contribution >= 0.6 is 0 Å². The molecule has 2 aromatic rings. The van der Waals surface area contributed by atoms with Crippen LogP contribution in [0.4, 0.5) is 4.79 Å². The van der Waals surface area contributed by atoms with E-state index in [9.17, 15) is 9.59 Å². The van der Waals surface area contributed by atoms with Crippen molar-refractivity contribution in [1.82, 2.24) is 10.2 Å². The van der Waals surface area contributed by atoms with Crippen molar-refractivity contribution in [2.45, 2.75) is 19.4 Å². The number of fused-ring (bicyclic) bond motifs is 1. The van der Waals surface area contributed by atoms with Crippen molar-refractivity contribution in [1.29, 1.82) is 5.26 Å². The second-order valence-electron chi connectivity index (χ2n) is 6.03. The van der Waals surface area contributed by atoms with Crippen LogP contribution in [-0.4, -0.2) is 23.4 Å². The van der Waals surface area contributed by atoms with Gasteiger partial charge in [-0.1, -0.05) is 42.5 Å². The zero-order chi connectivity index (χ0) is 16.6. The second kappa shape index (κ2) is 5.40. The van der Waals surface area contributed by atoms with Crippen molar-refractivity contribution in [3.63, 3.8) is 0 Å². The number of nitriles is 1. The molecule has 5 heteroatoms. The lowest BCUT2D eigenvalue weighted by Crippen LogP contribution is -2.41. The van der Waals surface area contributed by atoms with Gasteiger partial charge >= 0.3 is 6.03 Å². The Labute approximate surface area is 134 Å². The van der Waals surface area contributed by atoms with Crippen LogP contribution in [0.1, 0.15) is 19.4 Å². The Morgan fingerprint density at radius 1 is 1.22 bits per heavy atom. The molecular formula is C18H17N3O2. The van der Waals surface area contributed by atoms with Crippen LogP contribution in [0.25, 0.3) is 10.8 Å². The first-order valence-electron chi connectivity index (χ1n) is 7.49. The predicted molar refractivity (Wildman–Crippen MR) is 86.3 cm³/mol. The Bertz CT molecular complexity index is 834. The maximum Gasteiger partial charge on any atom is 0.325 e. The third-order valence-corrected chi connectivity index (χ3v) is 4.28. The van der Waals surface area contributed by atoms with E-state index in [4.69, 9.17) is 5.26 Å². The van der Waals surface area contributed by atoms with Crippen molar-refractivity contribution in [3.8, 4) is 6.07 Å². The average molecular weight is 307 g/mol. The highest BCUT2D eigenvalue weighted by Crippen LogP contribution is 2.34. The molecule has 2 aromatic carbocycles. The largest absolute Gasteiger partial charge is 0.325 e. The molecule has 0 unspecified atom stereocenters. The number of hydrogen-bond donors (Lipinski definition) is 1. The molecule has 0 bridgehead atoms. The monoisotopic (exact) mass is 307 g/mol. The Hall–Kier alpha value is -2.87. The number of carbonyl (C=O) groups excluding carboxylic acids is 2. The molecule has 3 rings (SSSR count). The molecule has 0 saturated carbocycles. The molecule has 1 fully saturated rings. The second-order valence-corrected chi connectivity index (χ2v) is 6.03. The fourth-order valence-electron chi connectivity index (χ4n) is 3.02. The van der Waals surface area contributed by atoms with Crippen LogP contribution in [0.3, 0.4) is 0 Å². The number of hydrogen-bond acceptors (Lipinski definition) is 3. The third kappa shape index (κ3) is 2.33. The van der Waals surface area contributed by atoms with Gasteiger partial charge in [0.25, 0.3) is 5.91 Å². The molecule has 1 N–H and O–H groups in total. The molecule has 0 aliphatic carbocycles. The summed E-state index contributed by atoms with van der Waals surface area (Å²) in [7, 11) is 0. The molecule has 0 radical (unpaired) electrons. The van der Waals surface area contributed by atoms with E-state index in [2.05, 4.69) is 11.4 Å². The Balaban J connectivity index is 2.07. The van der Waals surface area contributed by atoms with Crippen LogP contribution in [0, 0.1) is 17.2 Å². The van der Waals surface area contributed by atoms with Crippen LogP contribution in [0.5, 0.6) is 0 Å². The Kier molecular flexibility index (Phi) is 3.53. The van der Waals surface area contributed by atoms with E-state index in [1.807, 2.05) is 42.5 Å². The Morgan fingerprint density at radius 2 is 1.91 bits per heavy atom. The lowest BCUT2D eigenvalue weighted by Gasteiger charge is -2.24. The lowest BCUT2D eigenvalue weighted by molar-refractivity contribution is -0.131. The topological polar surface area (TPSA) is 73.2 Å². The van der Waals surface area contributed by atoms with Gasteiger partial charge in [-0.3, -0.25) is 9.69 Å².